The van der Waals surface area contributed by atoms with Crippen LogP contribution in [0.15, 0.2) is 18.2 Å². The van der Waals surface area contributed by atoms with Gasteiger partial charge in [0.15, 0.2) is 0 Å². The van der Waals surface area contributed by atoms with Gasteiger partial charge in [-0.3, -0.25) is 0 Å². The summed E-state index contributed by atoms with van der Waals surface area (Å²) in [5.74, 6) is 0.579. The molecule has 2 aromatic rings. The van der Waals surface area contributed by atoms with E-state index in [0.29, 0.717) is 10.9 Å². The first-order chi connectivity index (χ1) is 7.09. The van der Waals surface area contributed by atoms with Crippen LogP contribution in [-0.4, -0.2) is 9.97 Å². The molecule has 0 aliphatic heterocycles. The van der Waals surface area contributed by atoms with Crippen molar-refractivity contribution >= 4 is 28.5 Å². The highest BCUT2D eigenvalue weighted by Gasteiger charge is 2.11. The number of anilines is 1. The summed E-state index contributed by atoms with van der Waals surface area (Å²) in [6.07, 6.45) is 0. The van der Waals surface area contributed by atoms with E-state index in [1.54, 1.807) is 6.07 Å². The smallest absolute Gasteiger partial charge is 0.220 e. The maximum absolute atomic E-state index is 6.06. The van der Waals surface area contributed by atoms with Crippen LogP contribution >= 0.6 is 11.6 Å². The normalized spacial score (nSPS) is 11.2. The Balaban J connectivity index is 2.86. The van der Waals surface area contributed by atoms with Crippen LogP contribution in [0.5, 0.6) is 0 Å². The maximum atomic E-state index is 6.06. The Hall–Kier alpha value is -1.35. The van der Waals surface area contributed by atoms with Gasteiger partial charge in [0.25, 0.3) is 0 Å². The van der Waals surface area contributed by atoms with E-state index >= 15 is 0 Å². The number of hydrogen-bond donors (Lipinski definition) is 1. The third-order valence-corrected chi connectivity index (χ3v) is 2.58. The number of aromatic nitrogens is 2. The molecule has 0 radical (unpaired) electrons. The first-order valence-electron chi connectivity index (χ1n) is 4.81. The van der Waals surface area contributed by atoms with E-state index in [1.807, 2.05) is 12.1 Å². The molecule has 0 aliphatic rings. The molecule has 1 aromatic heterocycles. The first kappa shape index (κ1) is 10.2. The summed E-state index contributed by atoms with van der Waals surface area (Å²) in [4.78, 5) is 8.40. The van der Waals surface area contributed by atoms with E-state index in [-0.39, 0.29) is 5.95 Å². The van der Waals surface area contributed by atoms with Crippen LogP contribution in [0.4, 0.5) is 5.95 Å². The summed E-state index contributed by atoms with van der Waals surface area (Å²) in [6.45, 7) is 4.14. The van der Waals surface area contributed by atoms with Crippen molar-refractivity contribution in [1.82, 2.24) is 9.97 Å². The lowest BCUT2D eigenvalue weighted by Crippen LogP contribution is -2.02. The Kier molecular flexibility index (Phi) is 2.49. The number of rotatable bonds is 1. The molecule has 4 heteroatoms. The number of benzene rings is 1. The standard InChI is InChI=1S/C11H12ClN3/c1-6(2)9-7-4-3-5-8(12)10(7)15-11(13)14-9/h3-6H,1-2H3,(H2,13,14,15). The van der Waals surface area contributed by atoms with Gasteiger partial charge in [-0.15, -0.1) is 0 Å². The van der Waals surface area contributed by atoms with E-state index in [0.717, 1.165) is 16.6 Å². The molecule has 0 saturated heterocycles. The molecule has 0 saturated carbocycles. The summed E-state index contributed by atoms with van der Waals surface area (Å²) < 4.78 is 0. The minimum absolute atomic E-state index is 0.277. The highest BCUT2D eigenvalue weighted by molar-refractivity contribution is 6.35. The van der Waals surface area contributed by atoms with Gasteiger partial charge < -0.3 is 5.73 Å². The van der Waals surface area contributed by atoms with Gasteiger partial charge in [-0.2, -0.15) is 0 Å². The monoisotopic (exact) mass is 221 g/mol. The molecular formula is C11H12ClN3. The molecule has 0 aliphatic carbocycles. The zero-order valence-electron chi connectivity index (χ0n) is 8.66. The van der Waals surface area contributed by atoms with Gasteiger partial charge in [-0.1, -0.05) is 37.6 Å². The molecule has 3 nitrogen and oxygen atoms in total. The minimum Gasteiger partial charge on any atom is -0.368 e. The lowest BCUT2D eigenvalue weighted by atomic mass is 10.0. The molecule has 78 valence electrons. The number of nitrogen functional groups attached to an aromatic ring is 1. The second kappa shape index (κ2) is 3.66. The molecule has 15 heavy (non-hydrogen) atoms. The lowest BCUT2D eigenvalue weighted by Gasteiger charge is -2.09. The van der Waals surface area contributed by atoms with Crippen molar-refractivity contribution in [2.24, 2.45) is 0 Å². The zero-order valence-corrected chi connectivity index (χ0v) is 9.42. The van der Waals surface area contributed by atoms with Gasteiger partial charge in [0.1, 0.15) is 0 Å². The molecule has 2 rings (SSSR count). The van der Waals surface area contributed by atoms with Crippen LogP contribution in [-0.2, 0) is 0 Å². The fourth-order valence-corrected chi connectivity index (χ4v) is 1.82. The fourth-order valence-electron chi connectivity index (χ4n) is 1.60. The van der Waals surface area contributed by atoms with Crippen molar-refractivity contribution in [3.63, 3.8) is 0 Å². The van der Waals surface area contributed by atoms with Crippen molar-refractivity contribution in [2.45, 2.75) is 19.8 Å². The van der Waals surface area contributed by atoms with Gasteiger partial charge in [0.2, 0.25) is 5.95 Å². The van der Waals surface area contributed by atoms with Crippen LogP contribution in [0.3, 0.4) is 0 Å². The van der Waals surface area contributed by atoms with Crippen molar-refractivity contribution in [3.05, 3.63) is 28.9 Å². The molecule has 0 fully saturated rings. The summed E-state index contributed by atoms with van der Waals surface area (Å²) in [5, 5.41) is 1.59. The second-order valence-corrected chi connectivity index (χ2v) is 4.16. The van der Waals surface area contributed by atoms with Gasteiger partial charge in [-0.05, 0) is 12.0 Å². The Morgan fingerprint density at radius 2 is 2.00 bits per heavy atom. The zero-order chi connectivity index (χ0) is 11.0. The first-order valence-corrected chi connectivity index (χ1v) is 5.19. The molecular weight excluding hydrogens is 210 g/mol. The van der Waals surface area contributed by atoms with Crippen LogP contribution in [0.1, 0.15) is 25.5 Å². The van der Waals surface area contributed by atoms with E-state index in [1.165, 1.54) is 0 Å². The highest BCUT2D eigenvalue weighted by atomic mass is 35.5. The Labute approximate surface area is 93.3 Å². The molecule has 1 heterocycles. The largest absolute Gasteiger partial charge is 0.368 e. The van der Waals surface area contributed by atoms with E-state index in [4.69, 9.17) is 17.3 Å². The fraction of sp³-hybridized carbons (Fsp3) is 0.273. The number of halogens is 1. The lowest BCUT2D eigenvalue weighted by molar-refractivity contribution is 0.832. The third kappa shape index (κ3) is 1.75. The van der Waals surface area contributed by atoms with Crippen molar-refractivity contribution in [2.75, 3.05) is 5.73 Å². The average molecular weight is 222 g/mol. The van der Waals surface area contributed by atoms with Gasteiger partial charge in [0.05, 0.1) is 16.2 Å². The number of nitrogens with zero attached hydrogens (tertiary/aromatic N) is 2. The summed E-state index contributed by atoms with van der Waals surface area (Å²) in [5.41, 5.74) is 7.33. The van der Waals surface area contributed by atoms with E-state index in [2.05, 4.69) is 23.8 Å². The molecule has 0 atom stereocenters. The minimum atomic E-state index is 0.277. The predicted octanol–water partition coefficient (Wildman–Crippen LogP) is 2.99. The third-order valence-electron chi connectivity index (χ3n) is 2.27. The van der Waals surface area contributed by atoms with Crippen LogP contribution in [0, 0.1) is 0 Å². The Morgan fingerprint density at radius 3 is 2.67 bits per heavy atom. The average Bonchev–Trinajstić information content (AvgIpc) is 2.18. The number of fused-ring (bicyclic) bond motifs is 1. The Morgan fingerprint density at radius 1 is 1.27 bits per heavy atom. The number of para-hydroxylation sites is 1. The second-order valence-electron chi connectivity index (χ2n) is 3.76. The molecule has 0 bridgehead atoms. The van der Waals surface area contributed by atoms with E-state index in [9.17, 15) is 0 Å². The Bertz CT molecular complexity index is 508. The predicted molar refractivity (Wildman–Crippen MR) is 63.0 cm³/mol. The SMILES string of the molecule is CC(C)c1nc(N)nc2c(Cl)cccc12. The summed E-state index contributed by atoms with van der Waals surface area (Å²) in [7, 11) is 0. The molecule has 0 amide bonds. The summed E-state index contributed by atoms with van der Waals surface area (Å²) >= 11 is 6.06. The molecule has 2 N–H and O–H groups in total. The maximum Gasteiger partial charge on any atom is 0.220 e. The number of hydrogen-bond acceptors (Lipinski definition) is 3. The van der Waals surface area contributed by atoms with Crippen LogP contribution in [0.2, 0.25) is 5.02 Å². The van der Waals surface area contributed by atoms with Crippen molar-refractivity contribution in [1.29, 1.82) is 0 Å². The number of nitrogens with two attached hydrogens (primary N) is 1. The molecule has 0 unspecified atom stereocenters. The molecule has 1 aromatic carbocycles. The topological polar surface area (TPSA) is 51.8 Å². The highest BCUT2D eigenvalue weighted by Crippen LogP contribution is 2.27. The summed E-state index contributed by atoms with van der Waals surface area (Å²) in [6, 6.07) is 5.67. The van der Waals surface area contributed by atoms with Gasteiger partial charge in [0, 0.05) is 5.39 Å². The quantitative estimate of drug-likeness (QED) is 0.806. The molecule has 0 spiro atoms. The van der Waals surface area contributed by atoms with Crippen molar-refractivity contribution < 1.29 is 0 Å². The van der Waals surface area contributed by atoms with Crippen LogP contribution in [0.25, 0.3) is 10.9 Å². The van der Waals surface area contributed by atoms with Crippen molar-refractivity contribution in [3.8, 4) is 0 Å². The van der Waals surface area contributed by atoms with Gasteiger partial charge >= 0.3 is 0 Å². The van der Waals surface area contributed by atoms with Gasteiger partial charge in [-0.25, -0.2) is 9.97 Å². The van der Waals surface area contributed by atoms with Crippen LogP contribution < -0.4 is 5.73 Å². The van der Waals surface area contributed by atoms with E-state index < -0.39 is 0 Å².